The Bertz CT molecular complexity index is 177. The number of rotatable bonds is 1. The van der Waals surface area contributed by atoms with E-state index < -0.39 is 0 Å². The molecule has 2 heterocycles. The minimum absolute atomic E-state index is 0.778. The van der Waals surface area contributed by atoms with E-state index >= 15 is 0 Å². The lowest BCUT2D eigenvalue weighted by atomic mass is 10.1. The first-order valence-electron chi connectivity index (χ1n) is 5.28. The molecule has 2 nitrogen and oxygen atoms in total. The second-order valence-electron chi connectivity index (χ2n) is 4.46. The maximum absolute atomic E-state index is 5.44. The average Bonchev–Trinajstić information content (AvgIpc) is 2.70. The molecule has 1 saturated carbocycles. The molecular weight excluding hydrogens is 150 g/mol. The summed E-state index contributed by atoms with van der Waals surface area (Å²) >= 11 is 0. The minimum Gasteiger partial charge on any atom is -0.380 e. The molecular formula is C10H17NO. The molecule has 0 aromatic heterocycles. The zero-order valence-electron chi connectivity index (χ0n) is 7.54. The second-order valence-corrected chi connectivity index (χ2v) is 4.46. The predicted molar refractivity (Wildman–Crippen MR) is 47.1 cm³/mol. The normalized spacial score (nSPS) is 47.5. The fourth-order valence-electron chi connectivity index (χ4n) is 2.89. The first-order chi connectivity index (χ1) is 5.95. The third-order valence-electron chi connectivity index (χ3n) is 3.68. The zero-order chi connectivity index (χ0) is 7.97. The first-order valence-corrected chi connectivity index (χ1v) is 5.28. The summed E-state index contributed by atoms with van der Waals surface area (Å²) in [6.07, 6.45) is 5.69. The Morgan fingerprint density at radius 1 is 1.25 bits per heavy atom. The largest absolute Gasteiger partial charge is 0.380 e. The van der Waals surface area contributed by atoms with Crippen LogP contribution in [0.5, 0.6) is 0 Å². The highest BCUT2D eigenvalue weighted by atomic mass is 16.5. The Labute approximate surface area is 73.9 Å². The first kappa shape index (κ1) is 7.34. The summed E-state index contributed by atoms with van der Waals surface area (Å²) in [7, 11) is 0. The van der Waals surface area contributed by atoms with Gasteiger partial charge in [-0.3, -0.25) is 4.90 Å². The molecule has 2 aliphatic heterocycles. The molecule has 2 heteroatoms. The van der Waals surface area contributed by atoms with Gasteiger partial charge in [0.1, 0.15) is 0 Å². The molecule has 0 amide bonds. The molecule has 0 bridgehead atoms. The molecule has 2 saturated heterocycles. The number of hydrogen-bond donors (Lipinski definition) is 0. The van der Waals surface area contributed by atoms with Gasteiger partial charge in [0.2, 0.25) is 0 Å². The molecule has 3 fully saturated rings. The van der Waals surface area contributed by atoms with Crippen molar-refractivity contribution in [3.8, 4) is 0 Å². The van der Waals surface area contributed by atoms with Crippen LogP contribution in [-0.2, 0) is 4.74 Å². The molecule has 3 atom stereocenters. The molecule has 3 aliphatic rings. The highest BCUT2D eigenvalue weighted by Crippen LogP contribution is 2.44. The fourth-order valence-corrected chi connectivity index (χ4v) is 2.89. The van der Waals surface area contributed by atoms with Crippen LogP contribution in [0.1, 0.15) is 25.7 Å². The molecule has 0 N–H and O–H groups in total. The van der Waals surface area contributed by atoms with E-state index in [1.165, 1.54) is 32.2 Å². The number of fused-ring (bicyclic) bond motifs is 1. The van der Waals surface area contributed by atoms with Gasteiger partial charge in [-0.05, 0) is 38.1 Å². The predicted octanol–water partition coefficient (Wildman–Crippen LogP) is 1.26. The topological polar surface area (TPSA) is 12.5 Å². The van der Waals surface area contributed by atoms with Gasteiger partial charge < -0.3 is 4.74 Å². The van der Waals surface area contributed by atoms with E-state index in [4.69, 9.17) is 4.74 Å². The maximum atomic E-state index is 5.44. The van der Waals surface area contributed by atoms with Crippen molar-refractivity contribution in [2.75, 3.05) is 19.8 Å². The Kier molecular flexibility index (Phi) is 1.66. The van der Waals surface area contributed by atoms with Crippen LogP contribution in [0.3, 0.4) is 0 Å². The smallest absolute Gasteiger partial charge is 0.0622 e. The molecule has 12 heavy (non-hydrogen) atoms. The summed E-state index contributed by atoms with van der Waals surface area (Å²) in [6, 6.07) is 1.74. The van der Waals surface area contributed by atoms with Gasteiger partial charge in [-0.15, -0.1) is 0 Å². The Morgan fingerprint density at radius 3 is 3.08 bits per heavy atom. The Balaban J connectivity index is 1.66. The monoisotopic (exact) mass is 167 g/mol. The van der Waals surface area contributed by atoms with Gasteiger partial charge in [-0.2, -0.15) is 0 Å². The van der Waals surface area contributed by atoms with E-state index in [9.17, 15) is 0 Å². The van der Waals surface area contributed by atoms with E-state index in [1.54, 1.807) is 0 Å². The number of nitrogens with zero attached hydrogens (tertiary/aromatic N) is 1. The number of ether oxygens (including phenoxy) is 1. The second kappa shape index (κ2) is 2.71. The summed E-state index contributed by atoms with van der Waals surface area (Å²) < 4.78 is 5.44. The van der Waals surface area contributed by atoms with Crippen LogP contribution in [-0.4, -0.2) is 36.7 Å². The van der Waals surface area contributed by atoms with Crippen LogP contribution in [0.25, 0.3) is 0 Å². The summed E-state index contributed by atoms with van der Waals surface area (Å²) in [6.45, 7) is 3.34. The van der Waals surface area contributed by atoms with E-state index in [0.29, 0.717) is 0 Å². The number of piperidine rings is 1. The summed E-state index contributed by atoms with van der Waals surface area (Å²) in [4.78, 5) is 2.72. The van der Waals surface area contributed by atoms with Crippen molar-refractivity contribution in [2.45, 2.75) is 37.8 Å². The van der Waals surface area contributed by atoms with Crippen LogP contribution in [0.4, 0.5) is 0 Å². The van der Waals surface area contributed by atoms with Crippen molar-refractivity contribution in [1.82, 2.24) is 4.90 Å². The zero-order valence-corrected chi connectivity index (χ0v) is 7.54. The van der Waals surface area contributed by atoms with Crippen LogP contribution in [0.15, 0.2) is 0 Å². The maximum Gasteiger partial charge on any atom is 0.0622 e. The van der Waals surface area contributed by atoms with Gasteiger partial charge in [-0.1, -0.05) is 0 Å². The van der Waals surface area contributed by atoms with Crippen LogP contribution in [0.2, 0.25) is 0 Å². The van der Waals surface area contributed by atoms with Crippen LogP contribution in [0, 0.1) is 5.92 Å². The molecule has 0 radical (unpaired) electrons. The van der Waals surface area contributed by atoms with Crippen LogP contribution < -0.4 is 0 Å². The summed E-state index contributed by atoms with van der Waals surface area (Å²) in [5, 5.41) is 0. The highest BCUT2D eigenvalue weighted by Gasteiger charge is 2.46. The standard InChI is InChI=1S/C10H17NO/c1-2-8-6-10(8)11(4-1)9-3-5-12-7-9/h8-10H,1-7H2. The van der Waals surface area contributed by atoms with Crippen molar-refractivity contribution < 1.29 is 4.74 Å². The van der Waals surface area contributed by atoms with E-state index in [1.807, 2.05) is 0 Å². The van der Waals surface area contributed by atoms with Gasteiger partial charge in [0, 0.05) is 18.7 Å². The van der Waals surface area contributed by atoms with Crippen molar-refractivity contribution in [1.29, 1.82) is 0 Å². The van der Waals surface area contributed by atoms with Crippen LogP contribution >= 0.6 is 0 Å². The molecule has 0 spiro atoms. The molecule has 3 rings (SSSR count). The number of hydrogen-bond acceptors (Lipinski definition) is 2. The van der Waals surface area contributed by atoms with E-state index in [2.05, 4.69) is 4.90 Å². The minimum atomic E-state index is 0.778. The van der Waals surface area contributed by atoms with E-state index in [-0.39, 0.29) is 0 Å². The summed E-state index contributed by atoms with van der Waals surface area (Å²) in [5.74, 6) is 1.07. The average molecular weight is 167 g/mol. The quantitative estimate of drug-likeness (QED) is 0.583. The highest BCUT2D eigenvalue weighted by molar-refractivity contribution is 5.00. The molecule has 0 aromatic rings. The van der Waals surface area contributed by atoms with Gasteiger partial charge >= 0.3 is 0 Å². The van der Waals surface area contributed by atoms with Gasteiger partial charge in [0.25, 0.3) is 0 Å². The van der Waals surface area contributed by atoms with Crippen molar-refractivity contribution in [3.63, 3.8) is 0 Å². The lowest BCUT2D eigenvalue weighted by Gasteiger charge is -2.31. The Morgan fingerprint density at radius 2 is 2.25 bits per heavy atom. The molecule has 1 aliphatic carbocycles. The fraction of sp³-hybridized carbons (Fsp3) is 1.00. The summed E-state index contributed by atoms with van der Waals surface area (Å²) in [5.41, 5.74) is 0. The third kappa shape index (κ3) is 1.09. The molecule has 0 aromatic carbocycles. The van der Waals surface area contributed by atoms with Crippen molar-refractivity contribution in [2.24, 2.45) is 5.92 Å². The lowest BCUT2D eigenvalue weighted by Crippen LogP contribution is -2.41. The number of likely N-dealkylation sites (tertiary alicyclic amines) is 1. The SMILES string of the molecule is C1CC2CC2N(C2CCOC2)C1. The lowest BCUT2D eigenvalue weighted by molar-refractivity contribution is 0.120. The van der Waals surface area contributed by atoms with Gasteiger partial charge in [0.05, 0.1) is 6.61 Å². The molecule has 3 unspecified atom stereocenters. The van der Waals surface area contributed by atoms with Gasteiger partial charge in [0.15, 0.2) is 0 Å². The van der Waals surface area contributed by atoms with Crippen molar-refractivity contribution >= 4 is 0 Å². The third-order valence-corrected chi connectivity index (χ3v) is 3.68. The van der Waals surface area contributed by atoms with Crippen molar-refractivity contribution in [3.05, 3.63) is 0 Å². The Hall–Kier alpha value is -0.0800. The van der Waals surface area contributed by atoms with Gasteiger partial charge in [-0.25, -0.2) is 0 Å². The van der Waals surface area contributed by atoms with E-state index in [0.717, 1.165) is 31.2 Å². The molecule has 68 valence electrons.